The Morgan fingerprint density at radius 3 is 2.55 bits per heavy atom. The number of carbonyl (C=O) groups excluding carboxylic acids is 1. The van der Waals surface area contributed by atoms with E-state index in [1.165, 1.54) is 29.7 Å². The number of hydrogen-bond donors (Lipinski definition) is 1. The topological polar surface area (TPSA) is 104 Å². The van der Waals surface area contributed by atoms with E-state index in [0.717, 1.165) is 11.4 Å². The molecule has 42 heavy (non-hydrogen) atoms. The van der Waals surface area contributed by atoms with E-state index in [4.69, 9.17) is 4.98 Å². The number of thiazole rings is 1. The van der Waals surface area contributed by atoms with Crippen molar-refractivity contribution >= 4 is 39.3 Å². The SMILES string of the molecule is CCc1nn2cc(F)c(N3CCN(CC(=O)N4CC(O)C4)CC3)cc2c1N(C)c1nc(-c2ccc(F)cc2)c(C#N)s1. The molecule has 0 saturated carbocycles. The third-order valence-corrected chi connectivity index (χ3v) is 8.86. The van der Waals surface area contributed by atoms with Crippen molar-refractivity contribution in [2.45, 2.75) is 19.4 Å². The molecule has 5 heterocycles. The molecule has 2 aliphatic rings. The van der Waals surface area contributed by atoms with Gasteiger partial charge in [-0.3, -0.25) is 9.69 Å². The van der Waals surface area contributed by atoms with Crippen LogP contribution in [0.5, 0.6) is 0 Å². The monoisotopic (exact) mass is 592 g/mol. The van der Waals surface area contributed by atoms with Gasteiger partial charge in [0.2, 0.25) is 5.91 Å². The van der Waals surface area contributed by atoms with E-state index in [0.29, 0.717) is 78.2 Å². The van der Waals surface area contributed by atoms with Crippen LogP contribution in [-0.4, -0.2) is 94.4 Å². The van der Waals surface area contributed by atoms with E-state index in [-0.39, 0.29) is 24.1 Å². The van der Waals surface area contributed by atoms with Crippen LogP contribution in [-0.2, 0) is 11.2 Å². The number of nitriles is 1. The Bertz CT molecular complexity index is 1670. The molecule has 0 atom stereocenters. The zero-order chi connectivity index (χ0) is 29.5. The molecule has 0 spiro atoms. The summed E-state index contributed by atoms with van der Waals surface area (Å²) >= 11 is 1.23. The van der Waals surface area contributed by atoms with Crippen LogP contribution in [0, 0.1) is 23.0 Å². The maximum absolute atomic E-state index is 15.4. The highest BCUT2D eigenvalue weighted by atomic mass is 32.1. The number of rotatable bonds is 7. The van der Waals surface area contributed by atoms with Gasteiger partial charge >= 0.3 is 0 Å². The maximum Gasteiger partial charge on any atom is 0.236 e. The minimum absolute atomic E-state index is 0.00436. The predicted octanol–water partition coefficient (Wildman–Crippen LogP) is 3.26. The number of β-amino-alcohol motifs (C(OH)–C–C–N with tert-alkyl or cyclic N) is 1. The lowest BCUT2D eigenvalue weighted by Crippen LogP contribution is -2.57. The highest BCUT2D eigenvalue weighted by Crippen LogP contribution is 2.39. The Morgan fingerprint density at radius 1 is 1.19 bits per heavy atom. The van der Waals surface area contributed by atoms with Crippen molar-refractivity contribution in [2.24, 2.45) is 0 Å². The van der Waals surface area contributed by atoms with Gasteiger partial charge in [-0.1, -0.05) is 18.3 Å². The molecule has 2 aliphatic heterocycles. The average molecular weight is 593 g/mol. The molecular weight excluding hydrogens is 562 g/mol. The smallest absolute Gasteiger partial charge is 0.236 e. The van der Waals surface area contributed by atoms with Gasteiger partial charge in [-0.2, -0.15) is 10.4 Å². The normalized spacial score (nSPS) is 16.1. The summed E-state index contributed by atoms with van der Waals surface area (Å²) in [7, 11) is 1.85. The summed E-state index contributed by atoms with van der Waals surface area (Å²) in [4.78, 5) is 25.1. The first-order valence-corrected chi connectivity index (χ1v) is 14.6. The standard InChI is InChI=1S/C29H30F2N8O2S/c1-3-22-28(35(2)29-33-27(25(13-32)42-29)18-4-6-19(30)7-5-18)24-12-23(21(31)16-39(24)34-22)37-10-8-36(9-11-37)17-26(41)38-14-20(40)15-38/h4-7,12,16,20,40H,3,8-11,14-15,17H2,1-2H3. The molecule has 2 saturated heterocycles. The van der Waals surface area contributed by atoms with E-state index in [9.17, 15) is 19.6 Å². The fourth-order valence-corrected chi connectivity index (χ4v) is 6.32. The number of piperazine rings is 1. The number of benzene rings is 1. The molecule has 1 amide bonds. The van der Waals surface area contributed by atoms with Gasteiger partial charge in [0.05, 0.1) is 41.4 Å². The lowest BCUT2D eigenvalue weighted by Gasteiger charge is -2.39. The number of aryl methyl sites for hydroxylation is 1. The molecule has 0 aliphatic carbocycles. The largest absolute Gasteiger partial charge is 0.389 e. The van der Waals surface area contributed by atoms with E-state index in [2.05, 4.69) is 16.1 Å². The summed E-state index contributed by atoms with van der Waals surface area (Å²) in [5, 5.41) is 24.5. The predicted molar refractivity (Wildman–Crippen MR) is 156 cm³/mol. The number of aliphatic hydroxyl groups is 1. The minimum atomic E-state index is -0.426. The van der Waals surface area contributed by atoms with Crippen LogP contribution in [0.25, 0.3) is 16.8 Å². The van der Waals surface area contributed by atoms with Gasteiger partial charge in [0, 0.05) is 51.9 Å². The van der Waals surface area contributed by atoms with Crippen molar-refractivity contribution in [3.05, 3.63) is 58.7 Å². The number of fused-ring (bicyclic) bond motifs is 1. The van der Waals surface area contributed by atoms with E-state index in [1.807, 2.05) is 23.8 Å². The number of aliphatic hydroxyl groups excluding tert-OH is 1. The number of likely N-dealkylation sites (tertiary alicyclic amines) is 1. The number of nitrogens with zero attached hydrogens (tertiary/aromatic N) is 8. The second kappa shape index (κ2) is 11.3. The Kier molecular flexibility index (Phi) is 7.53. The van der Waals surface area contributed by atoms with Gasteiger partial charge in [0.25, 0.3) is 0 Å². The van der Waals surface area contributed by atoms with Crippen molar-refractivity contribution in [1.29, 1.82) is 5.26 Å². The van der Waals surface area contributed by atoms with Crippen LogP contribution >= 0.6 is 11.3 Å². The van der Waals surface area contributed by atoms with Crippen molar-refractivity contribution in [3.8, 4) is 17.3 Å². The molecule has 218 valence electrons. The van der Waals surface area contributed by atoms with Gasteiger partial charge in [0.1, 0.15) is 22.5 Å². The van der Waals surface area contributed by atoms with Crippen LogP contribution in [0.15, 0.2) is 36.5 Å². The average Bonchev–Trinajstić information content (AvgIpc) is 3.57. The Morgan fingerprint density at radius 2 is 1.90 bits per heavy atom. The number of anilines is 3. The van der Waals surface area contributed by atoms with E-state index < -0.39 is 6.10 Å². The lowest BCUT2D eigenvalue weighted by atomic mass is 10.1. The quantitative estimate of drug-likeness (QED) is 0.349. The van der Waals surface area contributed by atoms with Crippen LogP contribution in [0.4, 0.5) is 25.3 Å². The van der Waals surface area contributed by atoms with Gasteiger partial charge < -0.3 is 19.8 Å². The molecule has 2 fully saturated rings. The summed E-state index contributed by atoms with van der Waals surface area (Å²) < 4.78 is 30.4. The van der Waals surface area contributed by atoms with Crippen molar-refractivity contribution < 1.29 is 18.7 Å². The second-order valence-corrected chi connectivity index (χ2v) is 11.5. The third kappa shape index (κ3) is 5.17. The molecule has 1 N–H and O–H groups in total. The molecule has 4 aromatic rings. The second-order valence-electron chi connectivity index (χ2n) is 10.6. The maximum atomic E-state index is 15.4. The first-order chi connectivity index (χ1) is 20.2. The molecule has 0 radical (unpaired) electrons. The fraction of sp³-hybridized carbons (Fsp3) is 0.379. The van der Waals surface area contributed by atoms with Crippen LogP contribution in [0.2, 0.25) is 0 Å². The molecule has 0 unspecified atom stereocenters. The summed E-state index contributed by atoms with van der Waals surface area (Å²) in [5.74, 6) is -0.751. The van der Waals surface area contributed by atoms with Crippen molar-refractivity contribution in [3.63, 3.8) is 0 Å². The number of carbonyl (C=O) groups is 1. The summed E-state index contributed by atoms with van der Waals surface area (Å²) in [6.45, 7) is 5.38. The minimum Gasteiger partial charge on any atom is -0.389 e. The van der Waals surface area contributed by atoms with Crippen molar-refractivity contribution in [2.75, 3.05) is 62.7 Å². The molecule has 3 aromatic heterocycles. The molecule has 13 heteroatoms. The van der Waals surface area contributed by atoms with Crippen LogP contribution in [0.3, 0.4) is 0 Å². The molecule has 1 aromatic carbocycles. The van der Waals surface area contributed by atoms with E-state index >= 15 is 4.39 Å². The summed E-state index contributed by atoms with van der Waals surface area (Å²) in [6, 6.07) is 9.88. The number of aromatic nitrogens is 3. The fourth-order valence-electron chi connectivity index (χ4n) is 5.46. The van der Waals surface area contributed by atoms with Crippen molar-refractivity contribution in [1.82, 2.24) is 24.4 Å². The zero-order valence-electron chi connectivity index (χ0n) is 23.3. The lowest BCUT2D eigenvalue weighted by molar-refractivity contribution is -0.142. The number of pyridine rings is 1. The number of amides is 1. The van der Waals surface area contributed by atoms with Gasteiger partial charge in [-0.25, -0.2) is 18.3 Å². The Hall–Kier alpha value is -4.12. The summed E-state index contributed by atoms with van der Waals surface area (Å²) in [5.41, 5.74) is 3.81. The first kappa shape index (κ1) is 28.0. The van der Waals surface area contributed by atoms with Gasteiger partial charge in [-0.15, -0.1) is 0 Å². The highest BCUT2D eigenvalue weighted by Gasteiger charge is 2.31. The Labute approximate surface area is 245 Å². The van der Waals surface area contributed by atoms with Gasteiger partial charge in [-0.05, 0) is 36.8 Å². The van der Waals surface area contributed by atoms with Crippen LogP contribution < -0.4 is 9.80 Å². The number of hydrogen-bond acceptors (Lipinski definition) is 9. The summed E-state index contributed by atoms with van der Waals surface area (Å²) in [6.07, 6.45) is 1.56. The highest BCUT2D eigenvalue weighted by molar-refractivity contribution is 7.16. The molecule has 6 rings (SSSR count). The molecular formula is C29H30F2N8O2S. The Balaban J connectivity index is 1.26. The van der Waals surface area contributed by atoms with Gasteiger partial charge in [0.15, 0.2) is 10.9 Å². The van der Waals surface area contributed by atoms with Crippen LogP contribution in [0.1, 0.15) is 17.5 Å². The molecule has 10 nitrogen and oxygen atoms in total. The first-order valence-electron chi connectivity index (χ1n) is 13.8. The molecule has 0 bridgehead atoms. The third-order valence-electron chi connectivity index (χ3n) is 7.82. The zero-order valence-corrected chi connectivity index (χ0v) is 24.1. The number of halogens is 2. The van der Waals surface area contributed by atoms with E-state index in [1.54, 1.807) is 27.6 Å².